The number of morpholine rings is 1. The summed E-state index contributed by atoms with van der Waals surface area (Å²) in [6.07, 6.45) is 10.3. The van der Waals surface area contributed by atoms with Crippen molar-refractivity contribution in [1.82, 2.24) is 19.6 Å². The van der Waals surface area contributed by atoms with E-state index in [0.717, 1.165) is 59.9 Å². The second-order valence-electron chi connectivity index (χ2n) is 9.16. The van der Waals surface area contributed by atoms with Crippen LogP contribution in [0, 0.1) is 0 Å². The summed E-state index contributed by atoms with van der Waals surface area (Å²) < 4.78 is 7.39. The Morgan fingerprint density at radius 1 is 0.944 bits per heavy atom. The number of ether oxygens (including phenoxy) is 1. The Balaban J connectivity index is 1.46. The van der Waals surface area contributed by atoms with Crippen molar-refractivity contribution < 1.29 is 14.6 Å². The van der Waals surface area contributed by atoms with E-state index >= 15 is 0 Å². The Bertz CT molecular complexity index is 1450. The van der Waals surface area contributed by atoms with Gasteiger partial charge in [-0.05, 0) is 67.7 Å². The highest BCUT2D eigenvalue weighted by atomic mass is 16.5. The minimum atomic E-state index is -0.953. The normalized spacial score (nSPS) is 15.9. The van der Waals surface area contributed by atoms with E-state index in [9.17, 15) is 9.90 Å². The predicted octanol–water partition coefficient (Wildman–Crippen LogP) is 4.38. The van der Waals surface area contributed by atoms with Crippen LogP contribution in [-0.2, 0) is 17.6 Å². The van der Waals surface area contributed by atoms with Gasteiger partial charge in [0.05, 0.1) is 42.0 Å². The lowest BCUT2D eigenvalue weighted by molar-refractivity contribution is 0.0697. The maximum absolute atomic E-state index is 11.4. The molecule has 8 nitrogen and oxygen atoms in total. The molecule has 1 N–H and O–H groups in total. The molecule has 2 aliphatic rings. The Labute approximate surface area is 208 Å². The van der Waals surface area contributed by atoms with Gasteiger partial charge in [-0.25, -0.2) is 14.3 Å². The first-order valence-corrected chi connectivity index (χ1v) is 12.4. The molecule has 6 rings (SSSR count). The van der Waals surface area contributed by atoms with Gasteiger partial charge in [-0.3, -0.25) is 4.98 Å². The fraction of sp³-hybridized carbons (Fsp3) is 0.286. The summed E-state index contributed by atoms with van der Waals surface area (Å²) in [6.45, 7) is 2.93. The van der Waals surface area contributed by atoms with Crippen LogP contribution in [0.2, 0.25) is 0 Å². The molecule has 4 aromatic rings. The van der Waals surface area contributed by atoms with Gasteiger partial charge < -0.3 is 14.7 Å². The molecule has 0 bridgehead atoms. The zero-order valence-corrected chi connectivity index (χ0v) is 19.9. The van der Waals surface area contributed by atoms with E-state index in [1.807, 2.05) is 34.9 Å². The van der Waals surface area contributed by atoms with Crippen molar-refractivity contribution in [2.24, 2.45) is 0 Å². The van der Waals surface area contributed by atoms with E-state index in [4.69, 9.17) is 14.7 Å². The van der Waals surface area contributed by atoms with Crippen molar-refractivity contribution in [3.8, 4) is 11.3 Å². The summed E-state index contributed by atoms with van der Waals surface area (Å²) in [4.78, 5) is 23.6. The van der Waals surface area contributed by atoms with Crippen molar-refractivity contribution in [3.05, 3.63) is 76.9 Å². The first-order valence-electron chi connectivity index (χ1n) is 12.4. The van der Waals surface area contributed by atoms with Crippen LogP contribution >= 0.6 is 0 Å². The van der Waals surface area contributed by atoms with Gasteiger partial charge in [0.15, 0.2) is 5.65 Å². The number of aryl methyl sites for hydroxylation is 2. The van der Waals surface area contributed by atoms with Crippen LogP contribution in [0.4, 0.5) is 5.69 Å². The second kappa shape index (κ2) is 9.54. The third-order valence-corrected chi connectivity index (χ3v) is 6.89. The zero-order valence-electron chi connectivity index (χ0n) is 19.9. The molecule has 1 aromatic carbocycles. The number of imidazole rings is 1. The lowest BCUT2D eigenvalue weighted by Gasteiger charge is -2.28. The fourth-order valence-corrected chi connectivity index (χ4v) is 5.02. The summed E-state index contributed by atoms with van der Waals surface area (Å²) in [5.74, 6) is -0.953. The van der Waals surface area contributed by atoms with Crippen LogP contribution in [0.5, 0.6) is 0 Å². The van der Waals surface area contributed by atoms with E-state index in [1.165, 1.54) is 24.1 Å². The Kier molecular flexibility index (Phi) is 5.95. The molecule has 182 valence electrons. The first kappa shape index (κ1) is 22.4. The topological polar surface area (TPSA) is 92.8 Å². The van der Waals surface area contributed by atoms with E-state index in [1.54, 1.807) is 18.3 Å². The van der Waals surface area contributed by atoms with Crippen molar-refractivity contribution in [2.75, 3.05) is 31.2 Å². The van der Waals surface area contributed by atoms with E-state index in [2.05, 4.69) is 22.1 Å². The van der Waals surface area contributed by atoms with Gasteiger partial charge in [-0.2, -0.15) is 5.10 Å². The molecule has 8 heteroatoms. The molecule has 1 fully saturated rings. The van der Waals surface area contributed by atoms with Gasteiger partial charge >= 0.3 is 5.97 Å². The molecular weight excluding hydrogens is 454 g/mol. The Morgan fingerprint density at radius 3 is 2.56 bits per heavy atom. The van der Waals surface area contributed by atoms with Crippen LogP contribution < -0.4 is 4.90 Å². The van der Waals surface area contributed by atoms with E-state index < -0.39 is 5.97 Å². The van der Waals surface area contributed by atoms with Gasteiger partial charge in [-0.15, -0.1) is 0 Å². The standard InChI is InChI=1S/C28H27N5O3/c34-28(35)21-7-5-20(6-8-21)26-24(12-11-22-10-9-19-3-1-2-4-23(19)30-22)31-27-25(13-14-29-33(26)27)32-15-17-36-18-16-32/h5-14H,1-4,15-18H2,(H,34,35). The Hall–Kier alpha value is -4.04. The third kappa shape index (κ3) is 4.24. The summed E-state index contributed by atoms with van der Waals surface area (Å²) in [6, 6.07) is 13.1. The maximum Gasteiger partial charge on any atom is 0.335 e. The molecule has 1 aliphatic carbocycles. The van der Waals surface area contributed by atoms with Crippen LogP contribution in [0.25, 0.3) is 29.1 Å². The van der Waals surface area contributed by atoms with Crippen LogP contribution in [-0.4, -0.2) is 57.0 Å². The number of hydrogen-bond acceptors (Lipinski definition) is 6. The first-order chi connectivity index (χ1) is 17.7. The SMILES string of the molecule is O=C(O)c1ccc(-c2c(C=Cc3ccc4c(n3)CCCC4)nc3c(N4CCOCC4)ccnn23)cc1. The van der Waals surface area contributed by atoms with Crippen molar-refractivity contribution in [1.29, 1.82) is 0 Å². The molecule has 0 unspecified atom stereocenters. The van der Waals surface area contributed by atoms with Crippen molar-refractivity contribution >= 4 is 29.5 Å². The number of benzene rings is 1. The molecule has 1 aliphatic heterocycles. The number of nitrogens with zero attached hydrogens (tertiary/aromatic N) is 5. The number of aromatic nitrogens is 4. The molecule has 36 heavy (non-hydrogen) atoms. The summed E-state index contributed by atoms with van der Waals surface area (Å²) in [5, 5.41) is 14.0. The molecule has 0 radical (unpaired) electrons. The number of carboxylic acid groups (broad SMARTS) is 1. The number of carbonyl (C=O) groups is 1. The Morgan fingerprint density at radius 2 is 1.75 bits per heavy atom. The van der Waals surface area contributed by atoms with Gasteiger partial charge in [0.1, 0.15) is 5.69 Å². The summed E-state index contributed by atoms with van der Waals surface area (Å²) >= 11 is 0. The minimum absolute atomic E-state index is 0.241. The summed E-state index contributed by atoms with van der Waals surface area (Å²) in [7, 11) is 0. The fourth-order valence-electron chi connectivity index (χ4n) is 5.02. The summed E-state index contributed by atoms with van der Waals surface area (Å²) in [5.41, 5.74) is 7.86. The monoisotopic (exact) mass is 481 g/mol. The number of aromatic carboxylic acids is 1. The number of carboxylic acids is 1. The molecule has 0 atom stereocenters. The van der Waals surface area contributed by atoms with E-state index in [-0.39, 0.29) is 5.56 Å². The third-order valence-electron chi connectivity index (χ3n) is 6.89. The van der Waals surface area contributed by atoms with Crippen molar-refractivity contribution in [2.45, 2.75) is 25.7 Å². The maximum atomic E-state index is 11.4. The van der Waals surface area contributed by atoms with Crippen LogP contribution in [0.3, 0.4) is 0 Å². The number of anilines is 1. The van der Waals surface area contributed by atoms with Gasteiger partial charge in [-0.1, -0.05) is 18.2 Å². The molecule has 0 spiro atoms. The van der Waals surface area contributed by atoms with Crippen molar-refractivity contribution in [3.63, 3.8) is 0 Å². The largest absolute Gasteiger partial charge is 0.478 e. The molecular formula is C28H27N5O3. The minimum Gasteiger partial charge on any atom is -0.478 e. The number of pyridine rings is 1. The zero-order chi connectivity index (χ0) is 24.5. The van der Waals surface area contributed by atoms with Crippen LogP contribution in [0.1, 0.15) is 45.8 Å². The molecule has 3 aromatic heterocycles. The smallest absolute Gasteiger partial charge is 0.335 e. The van der Waals surface area contributed by atoms with Crippen LogP contribution in [0.15, 0.2) is 48.7 Å². The molecule has 0 amide bonds. The molecule has 0 saturated carbocycles. The highest BCUT2D eigenvalue weighted by molar-refractivity contribution is 5.89. The predicted molar refractivity (Wildman–Crippen MR) is 138 cm³/mol. The lowest BCUT2D eigenvalue weighted by atomic mass is 9.96. The number of hydrogen-bond donors (Lipinski definition) is 1. The average Bonchev–Trinajstić information content (AvgIpc) is 3.31. The van der Waals surface area contributed by atoms with E-state index in [0.29, 0.717) is 13.2 Å². The molecule has 4 heterocycles. The number of fused-ring (bicyclic) bond motifs is 2. The highest BCUT2D eigenvalue weighted by Gasteiger charge is 2.21. The molecule has 1 saturated heterocycles. The quantitative estimate of drug-likeness (QED) is 0.452. The van der Waals surface area contributed by atoms with Gasteiger partial charge in [0, 0.05) is 24.3 Å². The van der Waals surface area contributed by atoms with Gasteiger partial charge in [0.2, 0.25) is 0 Å². The lowest BCUT2D eigenvalue weighted by Crippen LogP contribution is -2.36. The van der Waals surface area contributed by atoms with Gasteiger partial charge in [0.25, 0.3) is 0 Å². The second-order valence-corrected chi connectivity index (χ2v) is 9.16. The average molecular weight is 482 g/mol. The number of rotatable bonds is 5. The highest BCUT2D eigenvalue weighted by Crippen LogP contribution is 2.31.